The van der Waals surface area contributed by atoms with Crippen molar-refractivity contribution in [3.05, 3.63) is 39.9 Å². The van der Waals surface area contributed by atoms with Crippen LogP contribution < -0.4 is 15.4 Å². The van der Waals surface area contributed by atoms with Crippen molar-refractivity contribution in [2.75, 3.05) is 31.5 Å². The van der Waals surface area contributed by atoms with Crippen molar-refractivity contribution in [1.82, 2.24) is 14.6 Å². The highest BCUT2D eigenvalue weighted by Crippen LogP contribution is 2.31. The van der Waals surface area contributed by atoms with Gasteiger partial charge in [-0.3, -0.25) is 5.32 Å². The van der Waals surface area contributed by atoms with Gasteiger partial charge >= 0.3 is 12.0 Å². The maximum absolute atomic E-state index is 13.9. The van der Waals surface area contributed by atoms with E-state index in [0.717, 1.165) is 44.6 Å². The van der Waals surface area contributed by atoms with E-state index in [2.05, 4.69) is 19.9 Å². The summed E-state index contributed by atoms with van der Waals surface area (Å²) in [6.07, 6.45) is 4.22. The fraction of sp³-hybridized carbons (Fsp3) is 0.450. The van der Waals surface area contributed by atoms with E-state index in [9.17, 15) is 23.5 Å². The molecule has 0 atom stereocenters. The SMILES string of the molecule is O=C(NCCCCN1CCCC1)Nc1snc(OCc2c(F)cc(Cl)cc2F)c1C(=O)O. The van der Waals surface area contributed by atoms with Crippen molar-refractivity contribution >= 4 is 40.1 Å². The van der Waals surface area contributed by atoms with Crippen LogP contribution in [-0.4, -0.2) is 52.6 Å². The second-order valence-corrected chi connectivity index (χ2v) is 8.48. The van der Waals surface area contributed by atoms with E-state index in [4.69, 9.17) is 16.3 Å². The Kier molecular flexibility index (Phi) is 8.60. The Hall–Kier alpha value is -2.50. The van der Waals surface area contributed by atoms with Gasteiger partial charge in [0, 0.05) is 11.6 Å². The summed E-state index contributed by atoms with van der Waals surface area (Å²) in [4.78, 5) is 26.2. The fourth-order valence-electron chi connectivity index (χ4n) is 3.31. The maximum Gasteiger partial charge on any atom is 0.344 e. The molecule has 1 aliphatic heterocycles. The molecule has 3 rings (SSSR count). The molecule has 0 unspecified atom stereocenters. The number of anilines is 1. The molecule has 2 amide bonds. The van der Waals surface area contributed by atoms with E-state index < -0.39 is 41.4 Å². The quantitative estimate of drug-likeness (QED) is 0.429. The second kappa shape index (κ2) is 11.4. The van der Waals surface area contributed by atoms with Crippen molar-refractivity contribution in [3.8, 4) is 5.88 Å². The molecule has 2 aromatic rings. The minimum atomic E-state index is -1.40. The van der Waals surface area contributed by atoms with Crippen LogP contribution in [0, 0.1) is 11.6 Å². The third-order valence-corrected chi connectivity index (χ3v) is 5.91. The van der Waals surface area contributed by atoms with Crippen LogP contribution in [0.3, 0.4) is 0 Å². The number of aromatic carboxylic acids is 1. The lowest BCUT2D eigenvalue weighted by atomic mass is 10.2. The highest BCUT2D eigenvalue weighted by atomic mass is 35.5. The Morgan fingerprint density at radius 3 is 2.56 bits per heavy atom. The highest BCUT2D eigenvalue weighted by Gasteiger charge is 2.24. The first-order valence-electron chi connectivity index (χ1n) is 10.1. The number of rotatable bonds is 10. The number of carboxylic acids is 1. The number of nitrogens with zero attached hydrogens (tertiary/aromatic N) is 2. The number of hydrogen-bond donors (Lipinski definition) is 3. The van der Waals surface area contributed by atoms with Crippen LogP contribution >= 0.6 is 23.1 Å². The summed E-state index contributed by atoms with van der Waals surface area (Å²) in [6, 6.07) is 1.27. The molecule has 3 N–H and O–H groups in total. The first-order chi connectivity index (χ1) is 15.3. The number of carbonyl (C=O) groups is 2. The first kappa shape index (κ1) is 24.1. The molecule has 0 saturated carbocycles. The Morgan fingerprint density at radius 2 is 1.91 bits per heavy atom. The number of benzene rings is 1. The smallest absolute Gasteiger partial charge is 0.344 e. The number of ether oxygens (including phenoxy) is 1. The molecule has 8 nitrogen and oxygen atoms in total. The van der Waals surface area contributed by atoms with E-state index >= 15 is 0 Å². The second-order valence-electron chi connectivity index (χ2n) is 7.27. The van der Waals surface area contributed by atoms with Crippen LogP contribution in [0.15, 0.2) is 12.1 Å². The van der Waals surface area contributed by atoms with Gasteiger partial charge in [-0.05, 0) is 69.0 Å². The van der Waals surface area contributed by atoms with Gasteiger partial charge in [0.1, 0.15) is 23.2 Å². The number of carboxylic acid groups (broad SMARTS) is 1. The van der Waals surface area contributed by atoms with Gasteiger partial charge in [0.15, 0.2) is 5.56 Å². The number of unbranched alkanes of at least 4 members (excludes halogenated alkanes) is 1. The lowest BCUT2D eigenvalue weighted by Crippen LogP contribution is -2.30. The van der Waals surface area contributed by atoms with E-state index in [1.165, 1.54) is 12.8 Å². The minimum Gasteiger partial charge on any atom is -0.477 e. The van der Waals surface area contributed by atoms with Gasteiger partial charge < -0.3 is 20.1 Å². The minimum absolute atomic E-state index is 0.0425. The Morgan fingerprint density at radius 1 is 1.22 bits per heavy atom. The average Bonchev–Trinajstić information content (AvgIpc) is 3.37. The molecule has 1 aliphatic rings. The zero-order chi connectivity index (χ0) is 23.1. The lowest BCUT2D eigenvalue weighted by molar-refractivity contribution is 0.0693. The molecule has 2 heterocycles. The molecule has 1 aromatic carbocycles. The highest BCUT2D eigenvalue weighted by molar-refractivity contribution is 7.11. The van der Waals surface area contributed by atoms with Crippen LogP contribution in [0.2, 0.25) is 5.02 Å². The van der Waals surface area contributed by atoms with Gasteiger partial charge in [0.05, 0.1) is 5.56 Å². The van der Waals surface area contributed by atoms with Crippen molar-refractivity contribution in [3.63, 3.8) is 0 Å². The van der Waals surface area contributed by atoms with Crippen LogP contribution in [0.25, 0.3) is 0 Å². The number of aromatic nitrogens is 1. The fourth-order valence-corrected chi connectivity index (χ4v) is 4.23. The standard InChI is InChI=1S/C20H23ClF2N4O4S/c21-12-9-14(22)13(15(23)10-12)11-31-17-16(19(28)29)18(32-26-17)25-20(30)24-5-1-2-6-27-7-3-4-8-27/h9-10H,1-8,11H2,(H,28,29)(H2,24,25,30). The topological polar surface area (TPSA) is 104 Å². The summed E-state index contributed by atoms with van der Waals surface area (Å²) in [7, 11) is 0. The van der Waals surface area contributed by atoms with E-state index in [1.54, 1.807) is 0 Å². The van der Waals surface area contributed by atoms with Gasteiger partial charge in [-0.1, -0.05) is 11.6 Å². The van der Waals surface area contributed by atoms with Crippen molar-refractivity contribution in [2.24, 2.45) is 0 Å². The van der Waals surface area contributed by atoms with Gasteiger partial charge in [-0.25, -0.2) is 18.4 Å². The molecular weight excluding hydrogens is 466 g/mol. The summed E-state index contributed by atoms with van der Waals surface area (Å²) in [5, 5.41) is 14.4. The summed E-state index contributed by atoms with van der Waals surface area (Å²) < 4.78 is 36.9. The third kappa shape index (κ3) is 6.50. The lowest BCUT2D eigenvalue weighted by Gasteiger charge is -2.14. The molecule has 1 saturated heterocycles. The number of amides is 2. The predicted octanol–water partition coefficient (Wildman–Crippen LogP) is 4.35. The number of urea groups is 1. The molecule has 12 heteroatoms. The number of likely N-dealkylation sites (tertiary alicyclic amines) is 1. The normalized spacial score (nSPS) is 13.8. The molecule has 1 aromatic heterocycles. The van der Waals surface area contributed by atoms with Crippen LogP contribution in [0.4, 0.5) is 18.6 Å². The summed E-state index contributed by atoms with van der Waals surface area (Å²) >= 11 is 6.28. The third-order valence-electron chi connectivity index (χ3n) is 4.95. The van der Waals surface area contributed by atoms with Crippen LogP contribution in [0.5, 0.6) is 5.88 Å². The van der Waals surface area contributed by atoms with Crippen molar-refractivity contribution < 1.29 is 28.2 Å². The van der Waals surface area contributed by atoms with Crippen LogP contribution in [-0.2, 0) is 6.61 Å². The van der Waals surface area contributed by atoms with Gasteiger partial charge in [0.25, 0.3) is 0 Å². The zero-order valence-electron chi connectivity index (χ0n) is 17.1. The number of nitrogens with one attached hydrogen (secondary N) is 2. The molecule has 1 fully saturated rings. The molecule has 32 heavy (non-hydrogen) atoms. The molecule has 174 valence electrons. The molecular formula is C20H23ClF2N4O4S. The summed E-state index contributed by atoms with van der Waals surface area (Å²) in [5.41, 5.74) is -0.811. The van der Waals surface area contributed by atoms with Gasteiger partial charge in [-0.15, -0.1) is 0 Å². The molecule has 0 bridgehead atoms. The van der Waals surface area contributed by atoms with Crippen LogP contribution in [0.1, 0.15) is 41.6 Å². The predicted molar refractivity (Wildman–Crippen MR) is 117 cm³/mol. The number of halogens is 3. The average molecular weight is 489 g/mol. The Balaban J connectivity index is 1.52. The monoisotopic (exact) mass is 488 g/mol. The van der Waals surface area contributed by atoms with E-state index in [-0.39, 0.29) is 15.9 Å². The Bertz CT molecular complexity index is 946. The van der Waals surface area contributed by atoms with Gasteiger partial charge in [-0.2, -0.15) is 4.37 Å². The summed E-state index contributed by atoms with van der Waals surface area (Å²) in [5.74, 6) is -3.60. The molecule has 0 aliphatic carbocycles. The summed E-state index contributed by atoms with van der Waals surface area (Å²) in [6.45, 7) is 3.09. The Labute approximate surface area is 192 Å². The number of carbonyl (C=O) groups excluding carboxylic acids is 1. The molecule has 0 radical (unpaired) electrons. The molecule has 0 spiro atoms. The first-order valence-corrected chi connectivity index (χ1v) is 11.3. The van der Waals surface area contributed by atoms with E-state index in [0.29, 0.717) is 18.1 Å². The largest absolute Gasteiger partial charge is 0.477 e. The maximum atomic E-state index is 13.9. The van der Waals surface area contributed by atoms with Crippen molar-refractivity contribution in [2.45, 2.75) is 32.3 Å². The van der Waals surface area contributed by atoms with Gasteiger partial charge in [0.2, 0.25) is 5.88 Å². The number of hydrogen-bond acceptors (Lipinski definition) is 6. The van der Waals surface area contributed by atoms with Crippen molar-refractivity contribution in [1.29, 1.82) is 0 Å². The zero-order valence-corrected chi connectivity index (χ0v) is 18.7. The van der Waals surface area contributed by atoms with E-state index in [1.807, 2.05) is 0 Å².